The number of nitro groups is 1. The van der Waals surface area contributed by atoms with Crippen LogP contribution in [0.25, 0.3) is 11.0 Å². The van der Waals surface area contributed by atoms with Crippen molar-refractivity contribution < 1.29 is 38.9 Å². The molecule has 12 N–H and O–H groups in total. The van der Waals surface area contributed by atoms with E-state index in [-0.39, 0.29) is 52.5 Å². The van der Waals surface area contributed by atoms with Gasteiger partial charge in [0.05, 0.1) is 29.5 Å². The molecule has 296 valence electrons. The Morgan fingerprint density at radius 3 is 2.15 bits per heavy atom. The molecule has 0 spiro atoms. The van der Waals surface area contributed by atoms with Gasteiger partial charge in [0, 0.05) is 37.3 Å². The summed E-state index contributed by atoms with van der Waals surface area (Å²) in [4.78, 5) is 59.4. The number of amides is 4. The number of unbranched alkanes of at least 4 members (excludes halogenated alkanes) is 2. The number of anilines is 1. The monoisotopic (exact) mass is 757 g/mol. The van der Waals surface area contributed by atoms with Crippen molar-refractivity contribution in [2.75, 3.05) is 51.1 Å². The third kappa shape index (κ3) is 15.2. The van der Waals surface area contributed by atoms with E-state index < -0.39 is 34.7 Å². The highest BCUT2D eigenvalue weighted by Crippen LogP contribution is 2.28. The number of aromatic hydroxyl groups is 2. The van der Waals surface area contributed by atoms with Crippen molar-refractivity contribution in [1.82, 2.24) is 36.9 Å². The number of aromatic nitrogens is 2. The van der Waals surface area contributed by atoms with Gasteiger partial charge in [-0.05, 0) is 93.6 Å². The molecule has 54 heavy (non-hydrogen) atoms. The van der Waals surface area contributed by atoms with E-state index in [1.54, 1.807) is 6.07 Å². The average molecular weight is 758 g/mol. The zero-order valence-electron chi connectivity index (χ0n) is 30.1. The number of benzene rings is 2. The number of rotatable bonds is 27. The largest absolute Gasteiger partial charge is 0.508 e. The SMILES string of the molecule is NC(=O)C[C@H](NC(=O)Cc1ccc(O)cc1O)C(=O)NCCCCNCCCNCCCNC(=O)[C@@H](N)CCCCNc1ccc([N+](=O)[O-])c2nonc12. The number of carbonyl (C=O) groups excluding carboxylic acids is 4. The van der Waals surface area contributed by atoms with Crippen molar-refractivity contribution in [3.63, 3.8) is 0 Å². The van der Waals surface area contributed by atoms with Gasteiger partial charge in [-0.3, -0.25) is 29.3 Å². The lowest BCUT2D eigenvalue weighted by molar-refractivity contribution is -0.383. The van der Waals surface area contributed by atoms with Gasteiger partial charge in [0.2, 0.25) is 29.1 Å². The zero-order chi connectivity index (χ0) is 39.3. The maximum Gasteiger partial charge on any atom is 0.300 e. The van der Waals surface area contributed by atoms with Gasteiger partial charge in [-0.2, -0.15) is 0 Å². The fourth-order valence-corrected chi connectivity index (χ4v) is 5.37. The van der Waals surface area contributed by atoms with Crippen molar-refractivity contribution in [2.24, 2.45) is 11.5 Å². The van der Waals surface area contributed by atoms with Gasteiger partial charge in [0.15, 0.2) is 5.52 Å². The van der Waals surface area contributed by atoms with E-state index in [0.29, 0.717) is 44.6 Å². The molecule has 0 radical (unpaired) electrons. The van der Waals surface area contributed by atoms with Gasteiger partial charge < -0.3 is 53.6 Å². The number of primary amides is 1. The van der Waals surface area contributed by atoms with Gasteiger partial charge in [0.1, 0.15) is 17.5 Å². The minimum absolute atomic E-state index is 0.0811. The molecular formula is C34H51N11O9. The molecule has 0 aliphatic rings. The fourth-order valence-electron chi connectivity index (χ4n) is 5.37. The fraction of sp³-hybridized carbons (Fsp3) is 0.529. The molecule has 1 heterocycles. The summed E-state index contributed by atoms with van der Waals surface area (Å²) in [5.74, 6) is -2.48. The Labute approximate surface area is 311 Å². The number of carbonyl (C=O) groups is 4. The van der Waals surface area contributed by atoms with Crippen LogP contribution in [0.2, 0.25) is 0 Å². The molecule has 20 heteroatoms. The molecular weight excluding hydrogens is 706 g/mol. The zero-order valence-corrected chi connectivity index (χ0v) is 30.1. The molecule has 0 saturated carbocycles. The number of hydrogen-bond acceptors (Lipinski definition) is 15. The van der Waals surface area contributed by atoms with E-state index in [9.17, 15) is 39.5 Å². The second-order valence-electron chi connectivity index (χ2n) is 12.7. The highest BCUT2D eigenvalue weighted by molar-refractivity contribution is 5.93. The van der Waals surface area contributed by atoms with E-state index in [1.165, 1.54) is 18.2 Å². The number of hydrogen-bond donors (Lipinski definition) is 10. The van der Waals surface area contributed by atoms with E-state index in [2.05, 4.69) is 46.8 Å². The third-order valence-electron chi connectivity index (χ3n) is 8.28. The van der Waals surface area contributed by atoms with Crippen LogP contribution in [0.1, 0.15) is 56.9 Å². The minimum Gasteiger partial charge on any atom is -0.508 e. The lowest BCUT2D eigenvalue weighted by atomic mass is 10.1. The number of nitrogens with zero attached hydrogens (tertiary/aromatic N) is 3. The van der Waals surface area contributed by atoms with Crippen LogP contribution >= 0.6 is 0 Å². The summed E-state index contributed by atoms with van der Waals surface area (Å²) >= 11 is 0. The van der Waals surface area contributed by atoms with Crippen LogP contribution < -0.4 is 43.4 Å². The van der Waals surface area contributed by atoms with Gasteiger partial charge in [-0.1, -0.05) is 6.07 Å². The first-order valence-electron chi connectivity index (χ1n) is 17.9. The number of nitro benzene ring substituents is 1. The molecule has 1 aromatic heterocycles. The Balaban J connectivity index is 1.13. The molecule has 0 fully saturated rings. The van der Waals surface area contributed by atoms with Gasteiger partial charge in [-0.15, -0.1) is 0 Å². The van der Waals surface area contributed by atoms with E-state index >= 15 is 0 Å². The summed E-state index contributed by atoms with van der Waals surface area (Å²) in [5, 5.41) is 55.7. The second kappa shape index (κ2) is 23.1. The second-order valence-corrected chi connectivity index (χ2v) is 12.7. The highest BCUT2D eigenvalue weighted by Gasteiger charge is 2.23. The van der Waals surface area contributed by atoms with Crippen molar-refractivity contribution in [3.8, 4) is 11.5 Å². The molecule has 0 unspecified atom stereocenters. The molecule has 3 aromatic rings. The standard InChI is InChI=1S/C34H51N11O9/c35-24(7-1-2-16-39-25-10-11-27(45(52)53)32-31(25)43-54-44-32)33(50)40-18-6-15-38-14-5-13-37-12-3-4-17-41-34(51)26(21-29(36)48)42-30(49)19-22-8-9-23(46)20-28(22)47/h8-11,20,24,26,37-39,46-47H,1-7,12-19,21,35H2,(H2,36,48)(H,40,50)(H,41,51)(H,42,49)/t24-,26-/m0/s1. The van der Waals surface area contributed by atoms with Crippen LogP contribution in [-0.2, 0) is 25.6 Å². The summed E-state index contributed by atoms with van der Waals surface area (Å²) in [6.45, 7) is 4.52. The molecule has 20 nitrogen and oxygen atoms in total. The first-order valence-corrected chi connectivity index (χ1v) is 17.9. The molecule has 4 amide bonds. The Kier molecular flexibility index (Phi) is 18.3. The van der Waals surface area contributed by atoms with Crippen molar-refractivity contribution >= 4 is 46.0 Å². The summed E-state index contributed by atoms with van der Waals surface area (Å²) in [6.07, 6.45) is 4.46. The molecule has 2 aromatic carbocycles. The molecule has 0 aliphatic heterocycles. The molecule has 0 aliphatic carbocycles. The predicted molar refractivity (Wildman–Crippen MR) is 198 cm³/mol. The maximum atomic E-state index is 12.6. The Morgan fingerprint density at radius 1 is 0.815 bits per heavy atom. The predicted octanol–water partition coefficient (Wildman–Crippen LogP) is 0.0266. The van der Waals surface area contributed by atoms with Crippen LogP contribution in [0.5, 0.6) is 11.5 Å². The lowest BCUT2D eigenvalue weighted by Crippen LogP contribution is -2.49. The third-order valence-corrected chi connectivity index (χ3v) is 8.28. The highest BCUT2D eigenvalue weighted by atomic mass is 16.6. The number of fused-ring (bicyclic) bond motifs is 1. The number of non-ortho nitro benzene ring substituents is 1. The topological polar surface area (TPSA) is 315 Å². The van der Waals surface area contributed by atoms with Crippen molar-refractivity contribution in [3.05, 3.63) is 46.0 Å². The van der Waals surface area contributed by atoms with Gasteiger partial charge in [-0.25, -0.2) is 4.63 Å². The van der Waals surface area contributed by atoms with Crippen LogP contribution in [-0.4, -0.2) is 107 Å². The number of phenolic OH excluding ortho intramolecular Hbond substituents is 2. The minimum atomic E-state index is -1.15. The summed E-state index contributed by atoms with van der Waals surface area (Å²) in [6, 6.07) is 4.96. The number of phenols is 2. The van der Waals surface area contributed by atoms with Gasteiger partial charge in [0.25, 0.3) is 0 Å². The van der Waals surface area contributed by atoms with Crippen LogP contribution in [0.4, 0.5) is 11.4 Å². The summed E-state index contributed by atoms with van der Waals surface area (Å²) < 4.78 is 4.66. The lowest BCUT2D eigenvalue weighted by Gasteiger charge is -2.17. The molecule has 0 saturated heterocycles. The first-order chi connectivity index (χ1) is 26.0. The van der Waals surface area contributed by atoms with Crippen molar-refractivity contribution in [1.29, 1.82) is 0 Å². The van der Waals surface area contributed by atoms with E-state index in [0.717, 1.165) is 57.9 Å². The average Bonchev–Trinajstić information content (AvgIpc) is 3.62. The van der Waals surface area contributed by atoms with E-state index in [1.807, 2.05) is 0 Å². The molecule has 3 rings (SSSR count). The van der Waals surface area contributed by atoms with Gasteiger partial charge >= 0.3 is 5.69 Å². The van der Waals surface area contributed by atoms with Crippen LogP contribution in [0.3, 0.4) is 0 Å². The summed E-state index contributed by atoms with van der Waals surface area (Å²) in [5.41, 5.74) is 12.3. The number of nitrogens with two attached hydrogens (primary N) is 2. The smallest absolute Gasteiger partial charge is 0.300 e. The summed E-state index contributed by atoms with van der Waals surface area (Å²) in [7, 11) is 0. The Hall–Kier alpha value is -5.60. The number of nitrogens with one attached hydrogen (secondary N) is 6. The Morgan fingerprint density at radius 2 is 1.44 bits per heavy atom. The molecule has 2 atom stereocenters. The van der Waals surface area contributed by atoms with E-state index in [4.69, 9.17) is 11.5 Å². The quantitative estimate of drug-likeness (QED) is 0.0279. The normalized spacial score (nSPS) is 12.2. The first kappa shape index (κ1) is 42.8. The maximum absolute atomic E-state index is 12.6. The van der Waals surface area contributed by atoms with Crippen LogP contribution in [0, 0.1) is 10.1 Å². The van der Waals surface area contributed by atoms with Crippen molar-refractivity contribution in [2.45, 2.75) is 69.9 Å². The van der Waals surface area contributed by atoms with Crippen LogP contribution in [0.15, 0.2) is 35.0 Å². The molecule has 0 bridgehead atoms. The Bertz CT molecular complexity index is 1690.